The highest BCUT2D eigenvalue weighted by Crippen LogP contribution is 2.31. The van der Waals surface area contributed by atoms with E-state index in [-0.39, 0.29) is 18.3 Å². The fourth-order valence-corrected chi connectivity index (χ4v) is 3.60. The third-order valence-electron chi connectivity index (χ3n) is 3.82. The van der Waals surface area contributed by atoms with Gasteiger partial charge in [-0.25, -0.2) is 13.2 Å². The highest BCUT2D eigenvalue weighted by atomic mass is 32.2. The molecule has 2 aromatic rings. The molecule has 2 aromatic carbocycles. The maximum Gasteiger partial charge on any atom is 0.416 e. The van der Waals surface area contributed by atoms with Crippen molar-refractivity contribution in [3.63, 3.8) is 0 Å². The molecule has 2 N–H and O–H groups in total. The SMILES string of the molecule is CN1Cc2cc(NS(=O)(=O)c3cccc(C(F)(F)F)c3)ccc2NC1=O. The second kappa shape index (κ2) is 6.20. The number of urea groups is 1. The van der Waals surface area contributed by atoms with Gasteiger partial charge in [-0.2, -0.15) is 13.2 Å². The standard InChI is InChI=1S/C16H14F3N3O3S/c1-22-9-10-7-12(5-6-14(10)20-15(22)23)21-26(24,25)13-4-2-3-11(8-13)16(17,18)19/h2-8,21H,9H2,1H3,(H,20,23). The van der Waals surface area contributed by atoms with Crippen molar-refractivity contribution in [1.82, 2.24) is 4.90 Å². The summed E-state index contributed by atoms with van der Waals surface area (Å²) in [6.07, 6.45) is -4.64. The number of nitrogens with zero attached hydrogens (tertiary/aromatic N) is 1. The van der Waals surface area contributed by atoms with E-state index in [0.717, 1.165) is 18.2 Å². The molecule has 0 saturated heterocycles. The highest BCUT2D eigenvalue weighted by Gasteiger charge is 2.31. The Bertz CT molecular complexity index is 974. The van der Waals surface area contributed by atoms with Crippen LogP contribution in [0.5, 0.6) is 0 Å². The van der Waals surface area contributed by atoms with Gasteiger partial charge in [0.1, 0.15) is 0 Å². The molecule has 2 amide bonds. The second-order valence-electron chi connectivity index (χ2n) is 5.79. The molecule has 10 heteroatoms. The highest BCUT2D eigenvalue weighted by molar-refractivity contribution is 7.92. The normalized spacial score (nSPS) is 14.6. The largest absolute Gasteiger partial charge is 0.416 e. The maximum atomic E-state index is 12.8. The van der Waals surface area contributed by atoms with E-state index in [1.54, 1.807) is 7.05 Å². The quantitative estimate of drug-likeness (QED) is 0.849. The van der Waals surface area contributed by atoms with E-state index in [1.165, 1.54) is 23.1 Å². The molecular weight excluding hydrogens is 371 g/mol. The number of anilines is 2. The van der Waals surface area contributed by atoms with Crippen molar-refractivity contribution in [2.24, 2.45) is 0 Å². The number of nitrogens with one attached hydrogen (secondary N) is 2. The molecule has 1 aliphatic rings. The fraction of sp³-hybridized carbons (Fsp3) is 0.188. The van der Waals surface area contributed by atoms with Crippen LogP contribution in [0.25, 0.3) is 0 Å². The molecule has 1 heterocycles. The molecule has 26 heavy (non-hydrogen) atoms. The van der Waals surface area contributed by atoms with Crippen molar-refractivity contribution >= 4 is 27.4 Å². The average molecular weight is 385 g/mol. The number of benzene rings is 2. The van der Waals surface area contributed by atoms with Crippen LogP contribution in [-0.4, -0.2) is 26.4 Å². The van der Waals surface area contributed by atoms with Gasteiger partial charge in [0.2, 0.25) is 0 Å². The van der Waals surface area contributed by atoms with E-state index in [2.05, 4.69) is 10.0 Å². The lowest BCUT2D eigenvalue weighted by molar-refractivity contribution is -0.137. The van der Waals surface area contributed by atoms with Gasteiger partial charge in [0, 0.05) is 25.0 Å². The van der Waals surface area contributed by atoms with Crippen LogP contribution in [0.15, 0.2) is 47.4 Å². The summed E-state index contributed by atoms with van der Waals surface area (Å²) < 4.78 is 65.4. The first kappa shape index (κ1) is 18.1. The van der Waals surface area contributed by atoms with Gasteiger partial charge in [-0.1, -0.05) is 6.07 Å². The lowest BCUT2D eigenvalue weighted by atomic mass is 10.1. The van der Waals surface area contributed by atoms with Crippen molar-refractivity contribution in [3.05, 3.63) is 53.6 Å². The summed E-state index contributed by atoms with van der Waals surface area (Å²) >= 11 is 0. The third-order valence-corrected chi connectivity index (χ3v) is 5.20. The first-order valence-electron chi connectivity index (χ1n) is 7.41. The van der Waals surface area contributed by atoms with Crippen LogP contribution in [0.4, 0.5) is 29.3 Å². The van der Waals surface area contributed by atoms with Crippen LogP contribution in [0.3, 0.4) is 0 Å². The van der Waals surface area contributed by atoms with Gasteiger partial charge in [-0.05, 0) is 42.0 Å². The number of halogens is 3. The molecule has 0 radical (unpaired) electrons. The van der Waals surface area contributed by atoms with Crippen molar-refractivity contribution < 1.29 is 26.4 Å². The zero-order valence-corrected chi connectivity index (χ0v) is 14.3. The molecule has 0 aromatic heterocycles. The monoisotopic (exact) mass is 385 g/mol. The minimum absolute atomic E-state index is 0.186. The summed E-state index contributed by atoms with van der Waals surface area (Å²) in [5.41, 5.74) is 0.368. The van der Waals surface area contributed by atoms with E-state index in [1.807, 2.05) is 0 Å². The summed E-state index contributed by atoms with van der Waals surface area (Å²) in [5.74, 6) is 0. The Morgan fingerprint density at radius 2 is 1.88 bits per heavy atom. The number of amides is 2. The summed E-state index contributed by atoms with van der Waals surface area (Å²) in [6, 6.07) is 7.70. The molecule has 3 rings (SSSR count). The zero-order chi connectivity index (χ0) is 19.1. The summed E-state index contributed by atoms with van der Waals surface area (Å²) in [4.78, 5) is 12.5. The molecule has 1 aliphatic heterocycles. The average Bonchev–Trinajstić information content (AvgIpc) is 2.55. The Morgan fingerprint density at radius 3 is 2.58 bits per heavy atom. The first-order chi connectivity index (χ1) is 12.1. The van der Waals surface area contributed by atoms with E-state index < -0.39 is 26.7 Å². The molecule has 0 aliphatic carbocycles. The van der Waals surface area contributed by atoms with Crippen molar-refractivity contribution in [3.8, 4) is 0 Å². The van der Waals surface area contributed by atoms with Gasteiger partial charge in [0.25, 0.3) is 10.0 Å². The van der Waals surface area contributed by atoms with Crippen LogP contribution < -0.4 is 10.0 Å². The van der Waals surface area contributed by atoms with Gasteiger partial charge in [-0.15, -0.1) is 0 Å². The Kier molecular flexibility index (Phi) is 4.31. The van der Waals surface area contributed by atoms with Gasteiger partial charge < -0.3 is 10.2 Å². The number of carbonyl (C=O) groups excluding carboxylic acids is 1. The lowest BCUT2D eigenvalue weighted by Crippen LogP contribution is -2.35. The summed E-state index contributed by atoms with van der Waals surface area (Å²) in [6.45, 7) is 0.278. The zero-order valence-electron chi connectivity index (χ0n) is 13.5. The molecule has 0 unspecified atom stereocenters. The number of fused-ring (bicyclic) bond motifs is 1. The van der Waals surface area contributed by atoms with E-state index in [9.17, 15) is 26.4 Å². The number of sulfonamides is 1. The maximum absolute atomic E-state index is 12.8. The molecule has 0 fully saturated rings. The lowest BCUT2D eigenvalue weighted by Gasteiger charge is -2.26. The Hall–Kier alpha value is -2.75. The van der Waals surface area contributed by atoms with Crippen molar-refractivity contribution in [2.45, 2.75) is 17.6 Å². The topological polar surface area (TPSA) is 78.5 Å². The molecule has 138 valence electrons. The fourth-order valence-electron chi connectivity index (χ4n) is 2.50. The smallest absolute Gasteiger partial charge is 0.323 e. The van der Waals surface area contributed by atoms with Crippen LogP contribution in [-0.2, 0) is 22.7 Å². The number of alkyl halides is 3. The molecular formula is C16H14F3N3O3S. The van der Waals surface area contributed by atoms with Crippen molar-refractivity contribution in [1.29, 1.82) is 0 Å². The van der Waals surface area contributed by atoms with Crippen LogP contribution in [0.1, 0.15) is 11.1 Å². The minimum atomic E-state index is -4.64. The number of hydrogen-bond donors (Lipinski definition) is 2. The molecule has 6 nitrogen and oxygen atoms in total. The molecule has 0 spiro atoms. The molecule has 0 atom stereocenters. The van der Waals surface area contributed by atoms with Gasteiger partial charge in [0.05, 0.1) is 10.5 Å². The summed E-state index contributed by atoms with van der Waals surface area (Å²) in [7, 11) is -2.62. The Labute approximate surface area is 147 Å². The van der Waals surface area contributed by atoms with E-state index in [0.29, 0.717) is 17.3 Å². The summed E-state index contributed by atoms with van der Waals surface area (Å²) in [5, 5.41) is 2.64. The first-order valence-corrected chi connectivity index (χ1v) is 8.90. The number of carbonyl (C=O) groups is 1. The van der Waals surface area contributed by atoms with Crippen LogP contribution >= 0.6 is 0 Å². The van der Waals surface area contributed by atoms with E-state index in [4.69, 9.17) is 0 Å². The Morgan fingerprint density at radius 1 is 1.15 bits per heavy atom. The second-order valence-corrected chi connectivity index (χ2v) is 7.47. The molecule has 0 bridgehead atoms. The van der Waals surface area contributed by atoms with Crippen LogP contribution in [0, 0.1) is 0 Å². The van der Waals surface area contributed by atoms with Gasteiger partial charge in [-0.3, -0.25) is 4.72 Å². The number of hydrogen-bond acceptors (Lipinski definition) is 3. The Balaban J connectivity index is 1.89. The third kappa shape index (κ3) is 3.59. The van der Waals surface area contributed by atoms with Gasteiger partial charge in [0.15, 0.2) is 0 Å². The van der Waals surface area contributed by atoms with Crippen molar-refractivity contribution in [2.75, 3.05) is 17.1 Å². The predicted molar refractivity (Wildman–Crippen MR) is 89.2 cm³/mol. The number of rotatable bonds is 3. The van der Waals surface area contributed by atoms with Gasteiger partial charge >= 0.3 is 12.2 Å². The molecule has 0 saturated carbocycles. The van der Waals surface area contributed by atoms with E-state index >= 15 is 0 Å². The predicted octanol–water partition coefficient (Wildman–Crippen LogP) is 3.48. The minimum Gasteiger partial charge on any atom is -0.323 e. The van der Waals surface area contributed by atoms with Crippen LogP contribution in [0.2, 0.25) is 0 Å².